The average Bonchev–Trinajstić information content (AvgIpc) is 2.98. The lowest BCUT2D eigenvalue weighted by Crippen LogP contribution is -2.22. The maximum atomic E-state index is 12.0. The number of hydrogen-bond donors (Lipinski definition) is 1. The largest absolute Gasteiger partial charge is 0.375 e. The third-order valence-corrected chi connectivity index (χ3v) is 5.85. The van der Waals surface area contributed by atoms with Crippen molar-refractivity contribution in [2.45, 2.75) is 19.9 Å². The molecule has 5 nitrogen and oxygen atoms in total. The summed E-state index contributed by atoms with van der Waals surface area (Å²) in [5.74, 6) is 0. The van der Waals surface area contributed by atoms with Crippen LogP contribution in [0.2, 0.25) is 0 Å². The number of aromatic nitrogens is 3. The van der Waals surface area contributed by atoms with E-state index in [0.717, 1.165) is 21.1 Å². The standard InChI is InChI=1S/C17H17BrN4OS/c1-10(20-13-9-19-22(3)17(23)14(13)18)15-11(2)21-16(24-15)12-7-5-4-6-8-12/h4-10,20H,1-3H3. The number of aryl methyl sites for hydroxylation is 2. The fourth-order valence-corrected chi connectivity index (χ4v) is 3.97. The number of halogens is 1. The molecule has 0 aliphatic carbocycles. The van der Waals surface area contributed by atoms with Gasteiger partial charge >= 0.3 is 0 Å². The van der Waals surface area contributed by atoms with E-state index in [-0.39, 0.29) is 11.6 Å². The molecule has 1 atom stereocenters. The van der Waals surface area contributed by atoms with Crippen molar-refractivity contribution >= 4 is 33.0 Å². The first-order valence-electron chi connectivity index (χ1n) is 7.48. The van der Waals surface area contributed by atoms with Crippen LogP contribution in [0.4, 0.5) is 5.69 Å². The Kier molecular flexibility index (Phi) is 4.82. The van der Waals surface area contributed by atoms with Gasteiger partial charge in [0.05, 0.1) is 23.6 Å². The molecule has 0 bridgehead atoms. The fourth-order valence-electron chi connectivity index (χ4n) is 2.42. The van der Waals surface area contributed by atoms with Crippen molar-refractivity contribution in [2.24, 2.45) is 7.05 Å². The second kappa shape index (κ2) is 6.86. The molecule has 124 valence electrons. The number of hydrogen-bond acceptors (Lipinski definition) is 5. The Labute approximate surface area is 152 Å². The summed E-state index contributed by atoms with van der Waals surface area (Å²) in [6.07, 6.45) is 1.65. The van der Waals surface area contributed by atoms with Gasteiger partial charge in [-0.15, -0.1) is 11.3 Å². The maximum absolute atomic E-state index is 12.0. The number of thiazole rings is 1. The highest BCUT2D eigenvalue weighted by Gasteiger charge is 2.17. The number of benzene rings is 1. The number of nitrogens with zero attached hydrogens (tertiary/aromatic N) is 3. The number of anilines is 1. The van der Waals surface area contributed by atoms with Crippen LogP contribution in [0.3, 0.4) is 0 Å². The maximum Gasteiger partial charge on any atom is 0.282 e. The minimum Gasteiger partial charge on any atom is -0.375 e. The molecule has 3 rings (SSSR count). The molecule has 2 aromatic heterocycles. The van der Waals surface area contributed by atoms with Crippen LogP contribution in [0.5, 0.6) is 0 Å². The molecule has 0 saturated heterocycles. The van der Waals surface area contributed by atoms with Gasteiger partial charge in [-0.3, -0.25) is 4.79 Å². The Morgan fingerprint density at radius 3 is 2.71 bits per heavy atom. The molecular formula is C17H17BrN4OS. The first-order valence-corrected chi connectivity index (χ1v) is 9.09. The summed E-state index contributed by atoms with van der Waals surface area (Å²) in [6, 6.07) is 10.1. The molecule has 0 amide bonds. The van der Waals surface area contributed by atoms with Crippen molar-refractivity contribution in [3.8, 4) is 10.6 Å². The van der Waals surface area contributed by atoms with Gasteiger partial charge in [0, 0.05) is 17.5 Å². The van der Waals surface area contributed by atoms with Crippen molar-refractivity contribution in [2.75, 3.05) is 5.32 Å². The summed E-state index contributed by atoms with van der Waals surface area (Å²) in [4.78, 5) is 17.8. The molecular weight excluding hydrogens is 388 g/mol. The molecule has 0 spiro atoms. The van der Waals surface area contributed by atoms with E-state index in [1.807, 2.05) is 25.1 Å². The lowest BCUT2D eigenvalue weighted by atomic mass is 10.2. The number of nitrogens with one attached hydrogen (secondary N) is 1. The Hall–Kier alpha value is -1.99. The SMILES string of the molecule is Cc1nc(-c2ccccc2)sc1C(C)Nc1cnn(C)c(=O)c1Br. The molecule has 0 radical (unpaired) electrons. The van der Waals surface area contributed by atoms with Gasteiger partial charge < -0.3 is 5.32 Å². The van der Waals surface area contributed by atoms with Crippen molar-refractivity contribution < 1.29 is 0 Å². The summed E-state index contributed by atoms with van der Waals surface area (Å²) in [7, 11) is 1.62. The topological polar surface area (TPSA) is 59.8 Å². The normalized spacial score (nSPS) is 12.2. The molecule has 2 heterocycles. The summed E-state index contributed by atoms with van der Waals surface area (Å²) in [6.45, 7) is 4.06. The van der Waals surface area contributed by atoms with Crippen molar-refractivity contribution in [1.29, 1.82) is 0 Å². The van der Waals surface area contributed by atoms with Crippen LogP contribution >= 0.6 is 27.3 Å². The van der Waals surface area contributed by atoms with E-state index < -0.39 is 0 Å². The summed E-state index contributed by atoms with van der Waals surface area (Å²) in [5.41, 5.74) is 2.62. The lowest BCUT2D eigenvalue weighted by molar-refractivity contribution is 0.701. The van der Waals surface area contributed by atoms with Crippen LogP contribution in [-0.2, 0) is 7.05 Å². The zero-order valence-electron chi connectivity index (χ0n) is 13.6. The quantitative estimate of drug-likeness (QED) is 0.709. The van der Waals surface area contributed by atoms with Gasteiger partial charge in [-0.2, -0.15) is 5.10 Å². The Morgan fingerprint density at radius 2 is 2.00 bits per heavy atom. The van der Waals surface area contributed by atoms with Gasteiger partial charge in [0.1, 0.15) is 9.48 Å². The minimum absolute atomic E-state index is 0.0187. The molecule has 3 aromatic rings. The summed E-state index contributed by atoms with van der Waals surface area (Å²) < 4.78 is 1.78. The smallest absolute Gasteiger partial charge is 0.282 e. The molecule has 24 heavy (non-hydrogen) atoms. The third kappa shape index (κ3) is 3.27. The molecule has 0 aliphatic heterocycles. The summed E-state index contributed by atoms with van der Waals surface area (Å²) in [5, 5.41) is 8.41. The monoisotopic (exact) mass is 404 g/mol. The Morgan fingerprint density at radius 1 is 1.29 bits per heavy atom. The van der Waals surface area contributed by atoms with Crippen molar-refractivity contribution in [1.82, 2.24) is 14.8 Å². The number of rotatable bonds is 4. The van der Waals surface area contributed by atoms with E-state index in [0.29, 0.717) is 10.2 Å². The predicted octanol–water partition coefficient (Wildman–Crippen LogP) is 4.15. The molecule has 0 aliphatic rings. The van der Waals surface area contributed by atoms with Crippen molar-refractivity contribution in [3.63, 3.8) is 0 Å². The van der Waals surface area contributed by atoms with Crippen LogP contribution in [0.1, 0.15) is 23.5 Å². The Balaban J connectivity index is 1.89. The van der Waals surface area contributed by atoms with E-state index in [1.54, 1.807) is 24.6 Å². The van der Waals surface area contributed by atoms with E-state index in [4.69, 9.17) is 0 Å². The van der Waals surface area contributed by atoms with Crippen LogP contribution < -0.4 is 10.9 Å². The van der Waals surface area contributed by atoms with Crippen LogP contribution in [0.25, 0.3) is 10.6 Å². The summed E-state index contributed by atoms with van der Waals surface area (Å²) >= 11 is 5.00. The van der Waals surface area contributed by atoms with E-state index in [1.165, 1.54) is 4.68 Å². The molecule has 1 unspecified atom stereocenters. The second-order valence-electron chi connectivity index (χ2n) is 5.50. The lowest BCUT2D eigenvalue weighted by Gasteiger charge is -2.15. The zero-order valence-corrected chi connectivity index (χ0v) is 16.0. The zero-order chi connectivity index (χ0) is 17.3. The molecule has 0 fully saturated rings. The van der Waals surface area contributed by atoms with E-state index in [9.17, 15) is 4.79 Å². The highest BCUT2D eigenvalue weighted by Crippen LogP contribution is 2.33. The van der Waals surface area contributed by atoms with Gasteiger partial charge in [0.15, 0.2) is 0 Å². The molecule has 7 heteroatoms. The van der Waals surface area contributed by atoms with Gasteiger partial charge in [-0.25, -0.2) is 9.67 Å². The van der Waals surface area contributed by atoms with Crippen LogP contribution in [0.15, 0.2) is 45.8 Å². The fraction of sp³-hybridized carbons (Fsp3) is 0.235. The van der Waals surface area contributed by atoms with E-state index in [2.05, 4.69) is 50.4 Å². The second-order valence-corrected chi connectivity index (χ2v) is 7.33. The van der Waals surface area contributed by atoms with Gasteiger partial charge in [-0.05, 0) is 29.8 Å². The highest BCUT2D eigenvalue weighted by molar-refractivity contribution is 9.10. The van der Waals surface area contributed by atoms with Crippen molar-refractivity contribution in [3.05, 3.63) is 61.9 Å². The highest BCUT2D eigenvalue weighted by atomic mass is 79.9. The molecule has 1 N–H and O–H groups in total. The van der Waals surface area contributed by atoms with Gasteiger partial charge in [0.2, 0.25) is 0 Å². The first kappa shape index (κ1) is 16.9. The van der Waals surface area contributed by atoms with Crippen LogP contribution in [-0.4, -0.2) is 14.8 Å². The van der Waals surface area contributed by atoms with Gasteiger partial charge in [-0.1, -0.05) is 30.3 Å². The molecule has 1 aromatic carbocycles. The van der Waals surface area contributed by atoms with E-state index >= 15 is 0 Å². The molecule has 0 saturated carbocycles. The van der Waals surface area contributed by atoms with Crippen LogP contribution in [0, 0.1) is 6.92 Å². The minimum atomic E-state index is -0.168. The van der Waals surface area contributed by atoms with Gasteiger partial charge in [0.25, 0.3) is 5.56 Å². The first-order chi connectivity index (χ1) is 11.5. The average molecular weight is 405 g/mol. The Bertz CT molecular complexity index is 920. The predicted molar refractivity (Wildman–Crippen MR) is 102 cm³/mol. The third-order valence-electron chi connectivity index (χ3n) is 3.70.